The summed E-state index contributed by atoms with van der Waals surface area (Å²) in [5.74, 6) is -2.49. The fourth-order valence-electron chi connectivity index (χ4n) is 10.4. The number of aryl methyl sites for hydroxylation is 2. The largest absolute Gasteiger partial charge is 0.381 e. The SMILES string of the molecule is Cn1cnc2ccc(-c3c(-c4cccc(F)c4)nc(Nc4nc5ccc(-c6c(-c7cccc(F)c7)nc(N)c7nc(C(=O)N8CCOCC8)cn67)cc5n4C)c4nc(C(=O)N5CCN(c6ccc(F)cc6F)CC5)cn34)cc21. The maximum Gasteiger partial charge on any atom is 0.274 e. The van der Waals surface area contributed by atoms with Gasteiger partial charge >= 0.3 is 0 Å². The van der Waals surface area contributed by atoms with Gasteiger partial charge in [0.2, 0.25) is 5.95 Å². The molecule has 13 rings (SSSR count). The molecule has 0 unspecified atom stereocenters. The van der Waals surface area contributed by atoms with E-state index in [0.717, 1.165) is 17.1 Å². The Morgan fingerprint density at radius 2 is 1.18 bits per heavy atom. The van der Waals surface area contributed by atoms with Gasteiger partial charge in [0.15, 0.2) is 22.9 Å². The summed E-state index contributed by atoms with van der Waals surface area (Å²) in [6.07, 6.45) is 4.96. The van der Waals surface area contributed by atoms with Gasteiger partial charge < -0.3 is 39.6 Å². The number of fused-ring (bicyclic) bond motifs is 4. The number of nitrogen functional groups attached to an aromatic ring is 1. The first kappa shape index (κ1) is 48.0. The van der Waals surface area contributed by atoms with Crippen LogP contribution in [0.2, 0.25) is 0 Å². The van der Waals surface area contributed by atoms with Crippen molar-refractivity contribution in [3.05, 3.63) is 157 Å². The van der Waals surface area contributed by atoms with Crippen LogP contribution in [0.3, 0.4) is 0 Å². The molecule has 18 nitrogen and oxygen atoms in total. The molecule has 2 amide bonds. The lowest BCUT2D eigenvalue weighted by Crippen LogP contribution is -2.49. The van der Waals surface area contributed by atoms with Crippen molar-refractivity contribution in [2.75, 3.05) is 68.4 Å². The minimum Gasteiger partial charge on any atom is -0.381 e. The van der Waals surface area contributed by atoms with Crippen molar-refractivity contribution < 1.29 is 31.9 Å². The van der Waals surface area contributed by atoms with Crippen LogP contribution in [0.5, 0.6) is 0 Å². The van der Waals surface area contributed by atoms with Gasteiger partial charge in [0.05, 0.1) is 70.1 Å². The number of aromatic nitrogens is 10. The van der Waals surface area contributed by atoms with Gasteiger partial charge in [0.1, 0.15) is 34.7 Å². The van der Waals surface area contributed by atoms with Gasteiger partial charge in [-0.15, -0.1) is 0 Å². The summed E-state index contributed by atoms with van der Waals surface area (Å²) < 4.78 is 71.6. The van der Waals surface area contributed by atoms with E-state index in [-0.39, 0.29) is 78.0 Å². The topological polar surface area (TPSA) is 187 Å². The Morgan fingerprint density at radius 3 is 1.83 bits per heavy atom. The number of nitrogens with zero attached hydrogens (tertiary/aromatic N) is 13. The number of piperazine rings is 1. The van der Waals surface area contributed by atoms with Crippen molar-refractivity contribution in [2.24, 2.45) is 14.1 Å². The Morgan fingerprint density at radius 1 is 0.590 bits per heavy atom. The van der Waals surface area contributed by atoms with Crippen LogP contribution in [0, 0.1) is 23.3 Å². The molecule has 3 N–H and O–H groups in total. The number of hydrogen-bond acceptors (Lipinski definition) is 12. The average Bonchev–Trinajstić information content (AvgIpc) is 4.44. The Hall–Kier alpha value is -9.70. The van der Waals surface area contributed by atoms with Crippen LogP contribution in [0.25, 0.3) is 78.4 Å². The lowest BCUT2D eigenvalue weighted by atomic mass is 10.0. The molecule has 2 saturated heterocycles. The smallest absolute Gasteiger partial charge is 0.274 e. The normalized spacial score (nSPS) is 14.2. The van der Waals surface area contributed by atoms with Gasteiger partial charge in [0, 0.05) is 94.1 Å². The van der Waals surface area contributed by atoms with Crippen molar-refractivity contribution in [1.82, 2.24) is 57.6 Å². The number of carbonyl (C=O) groups excluding carboxylic acids is 2. The first-order chi connectivity index (χ1) is 37.8. The molecule has 0 bridgehead atoms. The van der Waals surface area contributed by atoms with E-state index in [1.165, 1.54) is 36.4 Å². The minimum atomic E-state index is -0.688. The number of imidazole rings is 4. The summed E-state index contributed by atoms with van der Waals surface area (Å²) in [7, 11) is 3.69. The van der Waals surface area contributed by atoms with Gasteiger partial charge in [-0.2, -0.15) is 0 Å². The van der Waals surface area contributed by atoms with Gasteiger partial charge in [-0.25, -0.2) is 47.5 Å². The van der Waals surface area contributed by atoms with Crippen molar-refractivity contribution in [3.63, 3.8) is 0 Å². The van der Waals surface area contributed by atoms with Crippen LogP contribution < -0.4 is 16.0 Å². The number of hydrogen-bond donors (Lipinski definition) is 2. The number of nitrogens with two attached hydrogens (primary N) is 1. The zero-order valence-corrected chi connectivity index (χ0v) is 41.8. The van der Waals surface area contributed by atoms with Crippen LogP contribution in [-0.2, 0) is 18.8 Å². The lowest BCUT2D eigenvalue weighted by Gasteiger charge is -2.35. The second-order valence-electron chi connectivity index (χ2n) is 19.2. The predicted molar refractivity (Wildman–Crippen MR) is 285 cm³/mol. The van der Waals surface area contributed by atoms with E-state index in [9.17, 15) is 22.8 Å². The highest BCUT2D eigenvalue weighted by Crippen LogP contribution is 2.39. The van der Waals surface area contributed by atoms with Crippen molar-refractivity contribution in [2.45, 2.75) is 0 Å². The summed E-state index contributed by atoms with van der Waals surface area (Å²) in [4.78, 5) is 62.6. The monoisotopic (exact) mass is 1050 g/mol. The Kier molecular flexibility index (Phi) is 11.6. The van der Waals surface area contributed by atoms with Crippen LogP contribution in [0.1, 0.15) is 21.0 Å². The van der Waals surface area contributed by atoms with E-state index in [1.807, 2.05) is 59.6 Å². The third-order valence-electron chi connectivity index (χ3n) is 14.4. The molecule has 2 aliphatic rings. The zero-order valence-electron chi connectivity index (χ0n) is 41.8. The van der Waals surface area contributed by atoms with E-state index < -0.39 is 23.3 Å². The van der Waals surface area contributed by atoms with E-state index in [2.05, 4.69) is 15.3 Å². The third-order valence-corrected chi connectivity index (χ3v) is 14.4. The zero-order chi connectivity index (χ0) is 53.5. The van der Waals surface area contributed by atoms with Gasteiger partial charge in [-0.05, 0) is 60.7 Å². The number of amides is 2. The number of ether oxygens (including phenoxy) is 1. The molecule has 6 aromatic heterocycles. The van der Waals surface area contributed by atoms with Crippen LogP contribution in [0.15, 0.2) is 122 Å². The molecule has 8 heterocycles. The van der Waals surface area contributed by atoms with E-state index in [0.29, 0.717) is 88.3 Å². The van der Waals surface area contributed by atoms with Gasteiger partial charge in [0.25, 0.3) is 11.8 Å². The minimum absolute atomic E-state index is 0.0390. The molecular formula is C56H45F4N15O3. The molecule has 5 aromatic carbocycles. The van der Waals surface area contributed by atoms with Gasteiger partial charge in [-0.1, -0.05) is 36.4 Å². The summed E-state index contributed by atoms with van der Waals surface area (Å²) in [5, 5.41) is 3.41. The highest BCUT2D eigenvalue weighted by molar-refractivity contribution is 5.97. The van der Waals surface area contributed by atoms with Crippen molar-refractivity contribution in [3.8, 4) is 45.0 Å². The number of anilines is 4. The number of nitrogens with one attached hydrogen (secondary N) is 1. The molecule has 78 heavy (non-hydrogen) atoms. The fraction of sp³-hybridized carbons (Fsp3) is 0.179. The molecular weight excluding hydrogens is 1010 g/mol. The molecule has 0 aliphatic carbocycles. The second kappa shape index (κ2) is 18.8. The van der Waals surface area contributed by atoms with Crippen molar-refractivity contribution in [1.29, 1.82) is 0 Å². The quantitative estimate of drug-likeness (QED) is 0.131. The summed E-state index contributed by atoms with van der Waals surface area (Å²) >= 11 is 0. The van der Waals surface area contributed by atoms with Crippen molar-refractivity contribution >= 4 is 68.4 Å². The molecule has 2 aliphatic heterocycles. The van der Waals surface area contributed by atoms with E-state index in [4.69, 9.17) is 30.4 Å². The average molecular weight is 1050 g/mol. The number of rotatable bonds is 9. The van der Waals surface area contributed by atoms with Crippen LogP contribution >= 0.6 is 0 Å². The maximum atomic E-state index is 15.3. The van der Waals surface area contributed by atoms with E-state index >= 15 is 4.39 Å². The summed E-state index contributed by atoms with van der Waals surface area (Å²) in [5.41, 5.74) is 14.2. The highest BCUT2D eigenvalue weighted by Gasteiger charge is 2.30. The number of benzene rings is 5. The summed E-state index contributed by atoms with van der Waals surface area (Å²) in [6, 6.07) is 26.8. The molecule has 0 atom stereocenters. The Labute approximate surface area is 440 Å². The maximum absolute atomic E-state index is 15.3. The number of halogens is 4. The van der Waals surface area contributed by atoms with Gasteiger partial charge in [-0.3, -0.25) is 18.4 Å². The highest BCUT2D eigenvalue weighted by atomic mass is 19.1. The molecule has 2 fully saturated rings. The Balaban J connectivity index is 0.940. The lowest BCUT2D eigenvalue weighted by molar-refractivity contribution is 0.0299. The molecule has 11 aromatic rings. The standard InChI is InChI=1S/C56H45F4N15O3/c1-69-30-62-39-12-9-33(25-44(39)69)49-47(32-6-4-8-36(58)24-32)67-51(53-64-42(29-75(49)53)54(76)72-17-15-71(16-18-72)43-14-11-37(59)27-38(43)60)68-56-65-40-13-10-34(26-45(40)70(56)2)48-46(31-5-3-7-35(57)23-31)66-50(61)52-63-41(28-74(48)52)55(77)73-19-21-78-22-20-73/h3-14,23-30H,15-22H2,1-2H3,(H2,61,66)(H,65,67,68). The van der Waals surface area contributed by atoms with Crippen LogP contribution in [0.4, 0.5) is 40.8 Å². The number of morpholine rings is 1. The summed E-state index contributed by atoms with van der Waals surface area (Å²) in [6.45, 7) is 2.62. The number of carbonyl (C=O) groups is 2. The molecule has 390 valence electrons. The Bertz CT molecular complexity index is 4250. The molecule has 0 spiro atoms. The second-order valence-corrected chi connectivity index (χ2v) is 19.2. The third kappa shape index (κ3) is 8.32. The van der Waals surface area contributed by atoms with E-state index in [1.54, 1.807) is 66.5 Å². The predicted octanol–water partition coefficient (Wildman–Crippen LogP) is 8.53. The first-order valence-corrected chi connectivity index (χ1v) is 25.0. The molecule has 22 heteroatoms. The molecule has 0 radical (unpaired) electrons. The fourth-order valence-corrected chi connectivity index (χ4v) is 10.4. The first-order valence-electron chi connectivity index (χ1n) is 25.0. The molecule has 0 saturated carbocycles. The van der Waals surface area contributed by atoms with Crippen LogP contribution in [-0.4, -0.2) is 122 Å².